The van der Waals surface area contributed by atoms with Gasteiger partial charge >= 0.3 is 5.97 Å². The van der Waals surface area contributed by atoms with Crippen LogP contribution >= 0.6 is 0 Å². The van der Waals surface area contributed by atoms with E-state index in [1.807, 2.05) is 0 Å². The molecule has 2 aliphatic heterocycles. The SMILES string of the molecule is CN1C(Nc2ccccc2S(=O)(=O)O)=C(Nc2cccc(S(=O)(=O)O)c2)C(Nc2ccc(S(=O)(=O)O)cc2)=C(C(=O)O)C1N(CCS(=O)(=O)O)N1CCOCC1. The molecule has 0 aromatic heterocycles. The molecule has 1 saturated heterocycles. The quantitative estimate of drug-likeness (QED) is 0.0998. The minimum absolute atomic E-state index is 0.0222. The number of nitrogens with one attached hydrogen (secondary N) is 3. The van der Waals surface area contributed by atoms with Gasteiger partial charge in [0.15, 0.2) is 0 Å². The van der Waals surface area contributed by atoms with E-state index in [1.165, 1.54) is 59.4 Å². The Balaban J connectivity index is 1.85. The van der Waals surface area contributed by atoms with Crippen molar-refractivity contribution in [2.75, 3.05) is 61.6 Å². The fourth-order valence-electron chi connectivity index (χ4n) is 5.94. The van der Waals surface area contributed by atoms with E-state index in [-0.39, 0.29) is 60.6 Å². The van der Waals surface area contributed by atoms with Crippen LogP contribution in [0.1, 0.15) is 0 Å². The highest BCUT2D eigenvalue weighted by Crippen LogP contribution is 2.37. The second-order valence-electron chi connectivity index (χ2n) is 12.2. The lowest BCUT2D eigenvalue weighted by atomic mass is 10.0. The standard InChI is InChI=1S/C31H36N6O15S4/c1-35-29(34-24-7-2-3-8-25(24)56(49,50)51)28(33-21-5-4-6-23(19-21)55(46,47)48)27(32-20-9-11-22(12-10-20)54(43,44)45)26(31(38)39)30(35)37(15-18-53(40,41)42)36-13-16-52-17-14-36/h2-12,19,30,32-34H,13-18H2,1H3,(H,38,39)(H,40,41,42)(H,43,44,45)(H,46,47,48)(H,49,50,51). The van der Waals surface area contributed by atoms with Gasteiger partial charge in [0, 0.05) is 38.1 Å². The van der Waals surface area contributed by atoms with Crippen molar-refractivity contribution in [2.45, 2.75) is 20.9 Å². The lowest BCUT2D eigenvalue weighted by molar-refractivity contribution is -0.144. The second kappa shape index (κ2) is 16.4. The number of rotatable bonds is 15. The Morgan fingerprint density at radius 2 is 1.36 bits per heavy atom. The number of benzene rings is 3. The third kappa shape index (κ3) is 10.2. The molecule has 3 aromatic carbocycles. The van der Waals surface area contributed by atoms with Gasteiger partial charge in [-0.1, -0.05) is 18.2 Å². The zero-order valence-electron chi connectivity index (χ0n) is 29.0. The van der Waals surface area contributed by atoms with Crippen LogP contribution in [0.2, 0.25) is 0 Å². The summed E-state index contributed by atoms with van der Waals surface area (Å²) in [6, 6.07) is 14.1. The Hall–Kier alpha value is -4.67. The number of hydrogen-bond donors (Lipinski definition) is 8. The molecule has 0 spiro atoms. The first-order valence-electron chi connectivity index (χ1n) is 16.1. The molecule has 5 rings (SSSR count). The van der Waals surface area contributed by atoms with Crippen LogP contribution in [0.3, 0.4) is 0 Å². The van der Waals surface area contributed by atoms with Crippen LogP contribution in [-0.2, 0) is 50.0 Å². The molecule has 0 bridgehead atoms. The largest absolute Gasteiger partial charge is 0.478 e. The van der Waals surface area contributed by atoms with Crippen molar-refractivity contribution in [1.29, 1.82) is 0 Å². The summed E-state index contributed by atoms with van der Waals surface area (Å²) in [5, 5.41) is 22.7. The first-order valence-corrected chi connectivity index (χ1v) is 22.0. The van der Waals surface area contributed by atoms with Crippen molar-refractivity contribution in [3.05, 3.63) is 95.6 Å². The maximum absolute atomic E-state index is 13.5. The molecule has 21 nitrogen and oxygen atoms in total. The van der Waals surface area contributed by atoms with E-state index >= 15 is 0 Å². The Labute approximate surface area is 321 Å². The minimum atomic E-state index is -4.91. The van der Waals surface area contributed by atoms with Crippen molar-refractivity contribution in [2.24, 2.45) is 0 Å². The van der Waals surface area contributed by atoms with Crippen molar-refractivity contribution in [1.82, 2.24) is 14.9 Å². The highest BCUT2D eigenvalue weighted by atomic mass is 32.2. The number of hydrogen-bond acceptors (Lipinski definition) is 16. The van der Waals surface area contributed by atoms with Crippen LogP contribution in [0.25, 0.3) is 0 Å². The number of carbonyl (C=O) groups is 1. The van der Waals surface area contributed by atoms with Crippen LogP contribution in [0, 0.1) is 0 Å². The topological polar surface area (TPSA) is 310 Å². The van der Waals surface area contributed by atoms with E-state index in [0.29, 0.717) is 0 Å². The predicted octanol–water partition coefficient (Wildman–Crippen LogP) is 1.28. The van der Waals surface area contributed by atoms with Gasteiger partial charge in [0.2, 0.25) is 0 Å². The van der Waals surface area contributed by atoms with Crippen LogP contribution in [0.5, 0.6) is 0 Å². The van der Waals surface area contributed by atoms with Crippen LogP contribution in [0.15, 0.2) is 110 Å². The monoisotopic (exact) mass is 860 g/mol. The van der Waals surface area contributed by atoms with Gasteiger partial charge in [-0.15, -0.1) is 0 Å². The molecule has 304 valence electrons. The first kappa shape index (κ1) is 42.5. The summed E-state index contributed by atoms with van der Waals surface area (Å²) < 4.78 is 142. The van der Waals surface area contributed by atoms with Crippen LogP contribution in [-0.4, -0.2) is 130 Å². The Kier molecular flexibility index (Phi) is 12.5. The number of morpholine rings is 1. The highest BCUT2D eigenvalue weighted by molar-refractivity contribution is 7.86. The normalized spacial score (nSPS) is 17.6. The summed E-state index contributed by atoms with van der Waals surface area (Å²) in [5.74, 6) is -2.66. The van der Waals surface area contributed by atoms with Crippen molar-refractivity contribution in [3.8, 4) is 0 Å². The van der Waals surface area contributed by atoms with Crippen LogP contribution < -0.4 is 16.0 Å². The summed E-state index contributed by atoms with van der Waals surface area (Å²) in [6.07, 6.45) is -1.53. The summed E-state index contributed by atoms with van der Waals surface area (Å²) in [5.41, 5.74) is -1.38. The lowest BCUT2D eigenvalue weighted by Gasteiger charge is -2.49. The molecular weight excluding hydrogens is 825 g/mol. The van der Waals surface area contributed by atoms with Crippen LogP contribution in [0.4, 0.5) is 17.1 Å². The smallest absolute Gasteiger partial charge is 0.337 e. The molecule has 2 heterocycles. The van der Waals surface area contributed by atoms with Gasteiger partial charge in [-0.05, 0) is 54.6 Å². The molecule has 56 heavy (non-hydrogen) atoms. The number of carboxylic acid groups (broad SMARTS) is 1. The van der Waals surface area contributed by atoms with Gasteiger partial charge in [-0.2, -0.15) is 33.7 Å². The molecule has 0 radical (unpaired) electrons. The van der Waals surface area contributed by atoms with Crippen molar-refractivity contribution >= 4 is 63.5 Å². The van der Waals surface area contributed by atoms with Crippen molar-refractivity contribution in [3.63, 3.8) is 0 Å². The molecule has 25 heteroatoms. The zero-order chi connectivity index (χ0) is 41.2. The zero-order valence-corrected chi connectivity index (χ0v) is 32.3. The van der Waals surface area contributed by atoms with Gasteiger partial charge in [-0.3, -0.25) is 18.2 Å². The number of aliphatic carboxylic acids is 1. The summed E-state index contributed by atoms with van der Waals surface area (Å²) in [7, 11) is -17.6. The summed E-state index contributed by atoms with van der Waals surface area (Å²) >= 11 is 0. The average Bonchev–Trinajstić information content (AvgIpc) is 3.10. The molecule has 0 amide bonds. The minimum Gasteiger partial charge on any atom is -0.478 e. The number of para-hydroxylation sites is 1. The third-order valence-electron chi connectivity index (χ3n) is 8.42. The number of hydrazine groups is 1. The van der Waals surface area contributed by atoms with Crippen molar-refractivity contribution < 1.29 is 66.5 Å². The van der Waals surface area contributed by atoms with E-state index < -0.39 is 85.2 Å². The Bertz CT molecular complexity index is 2510. The number of ether oxygens (including phenoxy) is 1. The van der Waals surface area contributed by atoms with E-state index in [1.54, 1.807) is 5.01 Å². The first-order chi connectivity index (χ1) is 26.0. The van der Waals surface area contributed by atoms with E-state index in [9.17, 15) is 61.8 Å². The number of anilines is 3. The van der Waals surface area contributed by atoms with E-state index in [0.717, 1.165) is 30.3 Å². The maximum Gasteiger partial charge on any atom is 0.337 e. The third-order valence-corrected chi connectivity index (χ3v) is 11.7. The second-order valence-corrected chi connectivity index (χ2v) is 18.0. The summed E-state index contributed by atoms with van der Waals surface area (Å²) in [6.45, 7) is 0.00281. The molecule has 8 N–H and O–H groups in total. The molecule has 1 unspecified atom stereocenters. The molecule has 3 aromatic rings. The molecular formula is C31H36N6O15S4. The van der Waals surface area contributed by atoms with E-state index in [4.69, 9.17) is 4.74 Å². The molecule has 1 atom stereocenters. The van der Waals surface area contributed by atoms with E-state index in [2.05, 4.69) is 16.0 Å². The fourth-order valence-corrected chi connectivity index (χ4v) is 8.01. The summed E-state index contributed by atoms with van der Waals surface area (Å²) in [4.78, 5) is 13.1. The molecule has 0 saturated carbocycles. The lowest BCUT2D eigenvalue weighted by Crippen LogP contribution is -2.62. The molecule has 1 fully saturated rings. The predicted molar refractivity (Wildman–Crippen MR) is 198 cm³/mol. The van der Waals surface area contributed by atoms with Gasteiger partial charge in [0.05, 0.1) is 40.1 Å². The van der Waals surface area contributed by atoms with Gasteiger partial charge in [0.25, 0.3) is 40.5 Å². The van der Waals surface area contributed by atoms with Gasteiger partial charge in [-0.25, -0.2) is 14.8 Å². The van der Waals surface area contributed by atoms with Gasteiger partial charge < -0.3 is 30.7 Å². The Morgan fingerprint density at radius 3 is 1.93 bits per heavy atom. The fraction of sp³-hybridized carbons (Fsp3) is 0.258. The maximum atomic E-state index is 13.5. The number of likely N-dealkylation sites (N-methyl/N-ethyl adjacent to an activating group) is 1. The number of nitrogens with zero attached hydrogens (tertiary/aromatic N) is 3. The number of carboxylic acids is 1. The van der Waals surface area contributed by atoms with Gasteiger partial charge in [0.1, 0.15) is 28.2 Å². The molecule has 0 aliphatic carbocycles. The Morgan fingerprint density at radius 1 is 0.750 bits per heavy atom. The average molecular weight is 861 g/mol. The molecule has 2 aliphatic rings. The highest BCUT2D eigenvalue weighted by Gasteiger charge is 2.43.